The Morgan fingerprint density at radius 3 is 2.67 bits per heavy atom. The molecule has 0 aliphatic carbocycles. The molecule has 1 aromatic rings. The zero-order chi connectivity index (χ0) is 17.7. The van der Waals surface area contributed by atoms with Gasteiger partial charge in [0.1, 0.15) is 0 Å². The number of aliphatic carboxylic acids is 1. The number of carbonyl (C=O) groups excluding carboxylic acids is 2. The number of carboxylic acid groups (broad SMARTS) is 1. The van der Waals surface area contributed by atoms with E-state index in [1.54, 1.807) is 0 Å². The number of halogens is 2. The van der Waals surface area contributed by atoms with Crippen LogP contribution in [0.5, 0.6) is 0 Å². The van der Waals surface area contributed by atoms with Gasteiger partial charge >= 0.3 is 5.97 Å². The van der Waals surface area contributed by atoms with Crippen molar-refractivity contribution in [3.63, 3.8) is 0 Å². The van der Waals surface area contributed by atoms with Gasteiger partial charge in [0.25, 0.3) is 5.91 Å². The van der Waals surface area contributed by atoms with Crippen molar-refractivity contribution in [2.24, 2.45) is 5.92 Å². The average Bonchev–Trinajstić information content (AvgIpc) is 2.56. The van der Waals surface area contributed by atoms with E-state index in [1.807, 2.05) is 0 Å². The van der Waals surface area contributed by atoms with Crippen LogP contribution in [0, 0.1) is 17.6 Å². The molecule has 130 valence electrons. The minimum Gasteiger partial charge on any atom is -0.481 e. The highest BCUT2D eigenvalue weighted by Crippen LogP contribution is 2.19. The van der Waals surface area contributed by atoms with Gasteiger partial charge in [-0.15, -0.1) is 0 Å². The zero-order valence-corrected chi connectivity index (χ0v) is 12.9. The fraction of sp³-hybridized carbons (Fsp3) is 0.438. The Labute approximate surface area is 137 Å². The molecule has 2 N–H and O–H groups in total. The first kappa shape index (κ1) is 17.8. The molecule has 1 aliphatic rings. The van der Waals surface area contributed by atoms with Crippen LogP contribution in [0.25, 0.3) is 0 Å². The molecule has 0 saturated carbocycles. The lowest BCUT2D eigenvalue weighted by Gasteiger charge is -2.32. The third kappa shape index (κ3) is 4.50. The van der Waals surface area contributed by atoms with Crippen molar-refractivity contribution in [2.45, 2.75) is 19.3 Å². The number of rotatable bonds is 5. The van der Waals surface area contributed by atoms with Crippen LogP contribution in [0.15, 0.2) is 18.2 Å². The molecule has 24 heavy (non-hydrogen) atoms. The number of carboxylic acids is 1. The lowest BCUT2D eigenvalue weighted by atomic mass is 9.96. The van der Waals surface area contributed by atoms with Crippen molar-refractivity contribution in [2.75, 3.05) is 19.6 Å². The number of nitrogens with one attached hydrogen (secondary N) is 1. The van der Waals surface area contributed by atoms with Crippen LogP contribution in [0.4, 0.5) is 8.78 Å². The van der Waals surface area contributed by atoms with Gasteiger partial charge in [-0.3, -0.25) is 14.4 Å². The Kier molecular flexibility index (Phi) is 5.83. The van der Waals surface area contributed by atoms with E-state index in [4.69, 9.17) is 5.11 Å². The SMILES string of the molecule is O=C(O)CCNC(=O)C1CCCN(C(=O)c2ccc(F)c(F)c2)C1. The lowest BCUT2D eigenvalue weighted by molar-refractivity contribution is -0.137. The highest BCUT2D eigenvalue weighted by Gasteiger charge is 2.29. The van der Waals surface area contributed by atoms with Crippen molar-refractivity contribution in [1.82, 2.24) is 10.2 Å². The normalized spacial score (nSPS) is 17.4. The fourth-order valence-corrected chi connectivity index (χ4v) is 2.62. The molecule has 0 aromatic heterocycles. The van der Waals surface area contributed by atoms with E-state index in [1.165, 1.54) is 11.0 Å². The number of nitrogens with zero attached hydrogens (tertiary/aromatic N) is 1. The molecule has 0 spiro atoms. The molecule has 1 atom stereocenters. The Hall–Kier alpha value is -2.51. The smallest absolute Gasteiger partial charge is 0.305 e. The fourth-order valence-electron chi connectivity index (χ4n) is 2.62. The molecular weight excluding hydrogens is 322 g/mol. The quantitative estimate of drug-likeness (QED) is 0.848. The summed E-state index contributed by atoms with van der Waals surface area (Å²) in [5.74, 6) is -4.34. The molecule has 2 amide bonds. The van der Waals surface area contributed by atoms with Gasteiger partial charge in [0.2, 0.25) is 5.91 Å². The molecule has 1 saturated heterocycles. The molecule has 2 rings (SSSR count). The van der Waals surface area contributed by atoms with E-state index < -0.39 is 29.4 Å². The summed E-state index contributed by atoms with van der Waals surface area (Å²) in [6.45, 7) is 0.620. The van der Waals surface area contributed by atoms with Crippen LogP contribution in [0.2, 0.25) is 0 Å². The molecule has 1 aliphatic heterocycles. The first-order valence-corrected chi connectivity index (χ1v) is 7.62. The van der Waals surface area contributed by atoms with Gasteiger partial charge in [0.05, 0.1) is 12.3 Å². The summed E-state index contributed by atoms with van der Waals surface area (Å²) in [5, 5.41) is 11.1. The Bertz CT molecular complexity index is 651. The maximum Gasteiger partial charge on any atom is 0.305 e. The lowest BCUT2D eigenvalue weighted by Crippen LogP contribution is -2.45. The predicted octanol–water partition coefficient (Wildman–Crippen LogP) is 1.41. The molecule has 0 radical (unpaired) electrons. The van der Waals surface area contributed by atoms with E-state index in [2.05, 4.69) is 5.32 Å². The van der Waals surface area contributed by atoms with Crippen molar-refractivity contribution >= 4 is 17.8 Å². The maximum absolute atomic E-state index is 13.3. The largest absolute Gasteiger partial charge is 0.481 e. The molecule has 1 unspecified atom stereocenters. The van der Waals surface area contributed by atoms with Crippen molar-refractivity contribution in [1.29, 1.82) is 0 Å². The second-order valence-electron chi connectivity index (χ2n) is 5.65. The van der Waals surface area contributed by atoms with E-state index in [0.717, 1.165) is 12.1 Å². The Balaban J connectivity index is 1.96. The summed E-state index contributed by atoms with van der Waals surface area (Å²) < 4.78 is 26.2. The number of likely N-dealkylation sites (tertiary alicyclic amines) is 1. The summed E-state index contributed by atoms with van der Waals surface area (Å²) in [5.41, 5.74) is 0.0286. The summed E-state index contributed by atoms with van der Waals surface area (Å²) in [7, 11) is 0. The van der Waals surface area contributed by atoms with Crippen LogP contribution in [-0.2, 0) is 9.59 Å². The van der Waals surface area contributed by atoms with Crippen LogP contribution in [0.3, 0.4) is 0 Å². The topological polar surface area (TPSA) is 86.7 Å². The van der Waals surface area contributed by atoms with Gasteiger partial charge in [-0.25, -0.2) is 8.78 Å². The third-order valence-corrected chi connectivity index (χ3v) is 3.88. The van der Waals surface area contributed by atoms with Crippen molar-refractivity contribution in [3.8, 4) is 0 Å². The summed E-state index contributed by atoms with van der Waals surface area (Å²) in [4.78, 5) is 36.3. The van der Waals surface area contributed by atoms with E-state index >= 15 is 0 Å². The number of carbonyl (C=O) groups is 3. The number of hydrogen-bond acceptors (Lipinski definition) is 3. The van der Waals surface area contributed by atoms with E-state index in [0.29, 0.717) is 19.4 Å². The molecule has 8 heteroatoms. The predicted molar refractivity (Wildman–Crippen MR) is 80.2 cm³/mol. The summed E-state index contributed by atoms with van der Waals surface area (Å²) >= 11 is 0. The van der Waals surface area contributed by atoms with Crippen LogP contribution in [-0.4, -0.2) is 47.4 Å². The van der Waals surface area contributed by atoms with Gasteiger partial charge in [-0.05, 0) is 31.0 Å². The molecule has 1 aromatic carbocycles. The number of amides is 2. The van der Waals surface area contributed by atoms with Gasteiger partial charge in [-0.1, -0.05) is 0 Å². The first-order chi connectivity index (χ1) is 11.4. The van der Waals surface area contributed by atoms with Crippen molar-refractivity contribution < 1.29 is 28.3 Å². The van der Waals surface area contributed by atoms with E-state index in [-0.39, 0.29) is 31.0 Å². The molecule has 6 nitrogen and oxygen atoms in total. The second kappa shape index (κ2) is 7.85. The average molecular weight is 340 g/mol. The molecular formula is C16H18F2N2O4. The molecule has 1 heterocycles. The standard InChI is InChI=1S/C16H18F2N2O4/c17-12-4-3-10(8-13(12)18)16(24)20-7-1-2-11(9-20)15(23)19-6-5-14(21)22/h3-4,8,11H,1-2,5-7,9H2,(H,19,23)(H,21,22). The van der Waals surface area contributed by atoms with Crippen LogP contribution >= 0.6 is 0 Å². The maximum atomic E-state index is 13.3. The van der Waals surface area contributed by atoms with Crippen LogP contribution < -0.4 is 5.32 Å². The van der Waals surface area contributed by atoms with Gasteiger partial charge in [0, 0.05) is 25.2 Å². The Morgan fingerprint density at radius 2 is 2.00 bits per heavy atom. The van der Waals surface area contributed by atoms with Gasteiger partial charge in [0.15, 0.2) is 11.6 Å². The number of hydrogen-bond donors (Lipinski definition) is 2. The van der Waals surface area contributed by atoms with Gasteiger partial charge < -0.3 is 15.3 Å². The van der Waals surface area contributed by atoms with Gasteiger partial charge in [-0.2, -0.15) is 0 Å². The third-order valence-electron chi connectivity index (χ3n) is 3.88. The highest BCUT2D eigenvalue weighted by atomic mass is 19.2. The minimum atomic E-state index is -1.10. The molecule has 0 bridgehead atoms. The summed E-state index contributed by atoms with van der Waals surface area (Å²) in [6, 6.07) is 2.94. The summed E-state index contributed by atoms with van der Waals surface area (Å²) in [6.07, 6.45) is 1.02. The number of piperidine rings is 1. The first-order valence-electron chi connectivity index (χ1n) is 7.62. The second-order valence-corrected chi connectivity index (χ2v) is 5.65. The monoisotopic (exact) mass is 340 g/mol. The van der Waals surface area contributed by atoms with E-state index in [9.17, 15) is 23.2 Å². The zero-order valence-electron chi connectivity index (χ0n) is 12.9. The molecule has 1 fully saturated rings. The number of benzene rings is 1. The van der Waals surface area contributed by atoms with Crippen molar-refractivity contribution in [3.05, 3.63) is 35.4 Å². The minimum absolute atomic E-state index is 0.0286. The highest BCUT2D eigenvalue weighted by molar-refractivity contribution is 5.94. The Morgan fingerprint density at radius 1 is 1.25 bits per heavy atom. The van der Waals surface area contributed by atoms with Crippen LogP contribution in [0.1, 0.15) is 29.6 Å².